The van der Waals surface area contributed by atoms with Gasteiger partial charge in [-0.1, -0.05) is 24.3 Å². The molecule has 0 bridgehead atoms. The van der Waals surface area contributed by atoms with Crippen LogP contribution in [0.2, 0.25) is 0 Å². The van der Waals surface area contributed by atoms with Crippen molar-refractivity contribution in [3.63, 3.8) is 0 Å². The largest absolute Gasteiger partial charge is 0.322 e. The SMILES string of the molecule is CNNc1ccc(/C=C/c2ccc([N+](=O)[O-])cc2)cc1. The monoisotopic (exact) mass is 269 g/mol. The van der Waals surface area contributed by atoms with Crippen LogP contribution >= 0.6 is 0 Å². The summed E-state index contributed by atoms with van der Waals surface area (Å²) in [4.78, 5) is 10.2. The molecule has 0 aliphatic rings. The van der Waals surface area contributed by atoms with Crippen molar-refractivity contribution in [2.45, 2.75) is 0 Å². The Morgan fingerprint density at radius 3 is 1.90 bits per heavy atom. The fourth-order valence-corrected chi connectivity index (χ4v) is 1.72. The van der Waals surface area contributed by atoms with Gasteiger partial charge in [0.05, 0.1) is 4.92 Å². The smallest absolute Gasteiger partial charge is 0.269 e. The predicted octanol–water partition coefficient (Wildman–Crippen LogP) is 3.31. The molecule has 0 unspecified atom stereocenters. The van der Waals surface area contributed by atoms with Gasteiger partial charge in [0.1, 0.15) is 0 Å². The quantitative estimate of drug-likeness (QED) is 0.496. The van der Waals surface area contributed by atoms with Crippen LogP contribution in [0.3, 0.4) is 0 Å². The van der Waals surface area contributed by atoms with E-state index in [2.05, 4.69) is 10.9 Å². The van der Waals surface area contributed by atoms with Crippen molar-refractivity contribution < 1.29 is 4.92 Å². The van der Waals surface area contributed by atoms with E-state index < -0.39 is 4.92 Å². The number of nitro groups is 1. The van der Waals surface area contributed by atoms with E-state index in [1.165, 1.54) is 12.1 Å². The van der Waals surface area contributed by atoms with Crippen LogP contribution in [0.1, 0.15) is 11.1 Å². The second-order valence-electron chi connectivity index (χ2n) is 4.18. The number of nitrogens with one attached hydrogen (secondary N) is 2. The molecule has 2 N–H and O–H groups in total. The summed E-state index contributed by atoms with van der Waals surface area (Å²) in [5.74, 6) is 0. The van der Waals surface area contributed by atoms with Crippen molar-refractivity contribution in [3.8, 4) is 0 Å². The van der Waals surface area contributed by atoms with E-state index in [0.717, 1.165) is 16.8 Å². The maximum atomic E-state index is 10.6. The predicted molar refractivity (Wildman–Crippen MR) is 81.1 cm³/mol. The molecule has 0 fully saturated rings. The molecule has 0 radical (unpaired) electrons. The van der Waals surface area contributed by atoms with Crippen LogP contribution < -0.4 is 10.9 Å². The number of non-ortho nitro benzene ring substituents is 1. The van der Waals surface area contributed by atoms with Crippen molar-refractivity contribution >= 4 is 23.5 Å². The van der Waals surface area contributed by atoms with E-state index in [0.29, 0.717) is 0 Å². The summed E-state index contributed by atoms with van der Waals surface area (Å²) in [6, 6.07) is 14.4. The molecule has 2 rings (SSSR count). The molecule has 0 aliphatic heterocycles. The number of nitrogens with zero attached hydrogens (tertiary/aromatic N) is 1. The van der Waals surface area contributed by atoms with Gasteiger partial charge < -0.3 is 5.43 Å². The number of nitro benzene ring substituents is 1. The van der Waals surface area contributed by atoms with Crippen molar-refractivity contribution in [2.75, 3.05) is 12.5 Å². The number of anilines is 1. The highest BCUT2D eigenvalue weighted by Crippen LogP contribution is 2.15. The summed E-state index contributed by atoms with van der Waals surface area (Å²) in [7, 11) is 1.81. The molecule has 0 spiro atoms. The molecule has 0 aliphatic carbocycles. The lowest BCUT2D eigenvalue weighted by Gasteiger charge is -2.03. The number of benzene rings is 2. The molecule has 102 valence electrons. The molecule has 0 amide bonds. The zero-order valence-corrected chi connectivity index (χ0v) is 11.0. The normalized spacial score (nSPS) is 10.7. The number of hydrazine groups is 1. The zero-order chi connectivity index (χ0) is 14.4. The van der Waals surface area contributed by atoms with Crippen LogP contribution in [0.15, 0.2) is 48.5 Å². The van der Waals surface area contributed by atoms with E-state index in [1.54, 1.807) is 12.1 Å². The van der Waals surface area contributed by atoms with E-state index in [9.17, 15) is 10.1 Å². The first-order valence-corrected chi connectivity index (χ1v) is 6.14. The minimum Gasteiger partial charge on any atom is -0.322 e. The Hall–Kier alpha value is -2.66. The van der Waals surface area contributed by atoms with E-state index in [1.807, 2.05) is 43.5 Å². The molecular formula is C15H15N3O2. The van der Waals surface area contributed by atoms with Crippen LogP contribution in [0.25, 0.3) is 12.2 Å². The van der Waals surface area contributed by atoms with Gasteiger partial charge in [0, 0.05) is 24.9 Å². The van der Waals surface area contributed by atoms with Gasteiger partial charge in [0.2, 0.25) is 0 Å². The Morgan fingerprint density at radius 2 is 1.45 bits per heavy atom. The maximum absolute atomic E-state index is 10.6. The Bertz CT molecular complexity index is 604. The van der Waals surface area contributed by atoms with Crippen molar-refractivity contribution in [1.82, 2.24) is 5.43 Å². The standard InChI is InChI=1S/C15H15N3O2/c1-16-17-14-8-4-12(5-9-14)2-3-13-6-10-15(11-7-13)18(19)20/h2-11,16-17H,1H3/b3-2+. The highest BCUT2D eigenvalue weighted by molar-refractivity contribution is 5.70. The lowest BCUT2D eigenvalue weighted by molar-refractivity contribution is -0.384. The summed E-state index contributed by atoms with van der Waals surface area (Å²) >= 11 is 0. The summed E-state index contributed by atoms with van der Waals surface area (Å²) < 4.78 is 0. The van der Waals surface area contributed by atoms with E-state index in [-0.39, 0.29) is 5.69 Å². The minimum atomic E-state index is -0.402. The lowest BCUT2D eigenvalue weighted by Crippen LogP contribution is -2.14. The zero-order valence-electron chi connectivity index (χ0n) is 11.0. The Morgan fingerprint density at radius 1 is 0.950 bits per heavy atom. The molecule has 2 aromatic rings. The highest BCUT2D eigenvalue weighted by atomic mass is 16.6. The summed E-state index contributed by atoms with van der Waals surface area (Å²) in [5.41, 5.74) is 8.91. The topological polar surface area (TPSA) is 67.2 Å². The Balaban J connectivity index is 2.06. The molecule has 0 saturated carbocycles. The fourth-order valence-electron chi connectivity index (χ4n) is 1.72. The van der Waals surface area contributed by atoms with Crippen molar-refractivity contribution in [2.24, 2.45) is 0 Å². The molecule has 0 aromatic heterocycles. The van der Waals surface area contributed by atoms with Crippen molar-refractivity contribution in [3.05, 3.63) is 69.8 Å². The second-order valence-corrected chi connectivity index (χ2v) is 4.18. The molecule has 5 heteroatoms. The molecule has 0 atom stereocenters. The van der Waals surface area contributed by atoms with Gasteiger partial charge in [0.15, 0.2) is 0 Å². The highest BCUT2D eigenvalue weighted by Gasteiger charge is 2.02. The minimum absolute atomic E-state index is 0.102. The van der Waals surface area contributed by atoms with E-state index >= 15 is 0 Å². The molecule has 0 heterocycles. The van der Waals surface area contributed by atoms with Gasteiger partial charge in [0.25, 0.3) is 5.69 Å². The van der Waals surface area contributed by atoms with Gasteiger partial charge >= 0.3 is 0 Å². The van der Waals surface area contributed by atoms with Crippen molar-refractivity contribution in [1.29, 1.82) is 0 Å². The summed E-state index contributed by atoms with van der Waals surface area (Å²) in [6.07, 6.45) is 3.88. The first-order valence-electron chi connectivity index (χ1n) is 6.14. The average molecular weight is 269 g/mol. The summed E-state index contributed by atoms with van der Waals surface area (Å²) in [6.45, 7) is 0. The first kappa shape index (κ1) is 13.8. The molecule has 2 aromatic carbocycles. The second kappa shape index (κ2) is 6.49. The third-order valence-corrected chi connectivity index (χ3v) is 2.75. The number of rotatable bonds is 5. The molecule has 5 nitrogen and oxygen atoms in total. The third-order valence-electron chi connectivity index (χ3n) is 2.75. The Kier molecular flexibility index (Phi) is 4.47. The third kappa shape index (κ3) is 3.66. The van der Waals surface area contributed by atoms with Crippen LogP contribution in [-0.2, 0) is 0 Å². The van der Waals surface area contributed by atoms with E-state index in [4.69, 9.17) is 0 Å². The van der Waals surface area contributed by atoms with Crippen LogP contribution in [0, 0.1) is 10.1 Å². The molecule has 20 heavy (non-hydrogen) atoms. The average Bonchev–Trinajstić information content (AvgIpc) is 2.47. The van der Waals surface area contributed by atoms with Gasteiger partial charge in [-0.25, -0.2) is 5.43 Å². The maximum Gasteiger partial charge on any atom is 0.269 e. The number of hydrogen-bond donors (Lipinski definition) is 2. The number of hydrogen-bond acceptors (Lipinski definition) is 4. The van der Waals surface area contributed by atoms with Crippen LogP contribution in [-0.4, -0.2) is 12.0 Å². The molecule has 0 saturated heterocycles. The van der Waals surface area contributed by atoms with Gasteiger partial charge in [-0.2, -0.15) is 0 Å². The van der Waals surface area contributed by atoms with Gasteiger partial charge in [-0.15, -0.1) is 0 Å². The van der Waals surface area contributed by atoms with Crippen LogP contribution in [0.5, 0.6) is 0 Å². The van der Waals surface area contributed by atoms with Gasteiger partial charge in [-0.3, -0.25) is 10.1 Å². The lowest BCUT2D eigenvalue weighted by atomic mass is 10.1. The fraction of sp³-hybridized carbons (Fsp3) is 0.0667. The van der Waals surface area contributed by atoms with Crippen LogP contribution in [0.4, 0.5) is 11.4 Å². The molecular weight excluding hydrogens is 254 g/mol. The Labute approximate surface area is 117 Å². The summed E-state index contributed by atoms with van der Waals surface area (Å²) in [5, 5.41) is 10.6. The first-order chi connectivity index (χ1) is 9.69. The van der Waals surface area contributed by atoms with Gasteiger partial charge in [-0.05, 0) is 35.4 Å².